The highest BCUT2D eigenvalue weighted by atomic mass is 32.1. The van der Waals surface area contributed by atoms with Crippen LogP contribution in [0.25, 0.3) is 11.3 Å². The van der Waals surface area contributed by atoms with Crippen molar-refractivity contribution in [2.75, 3.05) is 10.9 Å². The normalized spacial score (nSPS) is 12.9. The van der Waals surface area contributed by atoms with Gasteiger partial charge in [-0.1, -0.05) is 30.3 Å². The highest BCUT2D eigenvalue weighted by molar-refractivity contribution is 7.16. The van der Waals surface area contributed by atoms with E-state index in [4.69, 9.17) is 4.98 Å². The molecule has 0 unspecified atom stereocenters. The molecule has 0 atom stereocenters. The third-order valence-corrected chi connectivity index (χ3v) is 5.14. The largest absolute Gasteiger partial charge is 0.299 e. The first kappa shape index (κ1) is 14.3. The first-order valence-electron chi connectivity index (χ1n) is 7.96. The van der Waals surface area contributed by atoms with Crippen LogP contribution in [-0.2, 0) is 12.8 Å². The minimum atomic E-state index is 0.891. The van der Waals surface area contributed by atoms with Crippen molar-refractivity contribution in [2.45, 2.75) is 26.2 Å². The highest BCUT2D eigenvalue weighted by Gasteiger charge is 2.14. The molecule has 4 heteroatoms. The quantitative estimate of drug-likeness (QED) is 0.661. The third-order valence-electron chi connectivity index (χ3n) is 4.26. The Labute approximate surface area is 140 Å². The monoisotopic (exact) mass is 321 g/mol. The lowest BCUT2D eigenvalue weighted by molar-refractivity contribution is 0.912. The van der Waals surface area contributed by atoms with E-state index in [2.05, 4.69) is 36.0 Å². The van der Waals surface area contributed by atoms with Gasteiger partial charge in [0.1, 0.15) is 0 Å². The molecule has 0 radical (unpaired) electrons. The van der Waals surface area contributed by atoms with Crippen LogP contribution < -0.4 is 10.9 Å². The average molecular weight is 321 g/mol. The van der Waals surface area contributed by atoms with Crippen LogP contribution >= 0.6 is 11.3 Å². The third kappa shape index (κ3) is 2.94. The molecule has 1 aliphatic carbocycles. The molecule has 2 N–H and O–H groups in total. The molecule has 0 spiro atoms. The highest BCUT2D eigenvalue weighted by Crippen LogP contribution is 2.33. The fourth-order valence-electron chi connectivity index (χ4n) is 3.08. The van der Waals surface area contributed by atoms with Gasteiger partial charge < -0.3 is 0 Å². The van der Waals surface area contributed by atoms with E-state index in [0.717, 1.165) is 16.5 Å². The molecule has 1 aromatic heterocycles. The number of aromatic nitrogens is 1. The number of nitrogens with zero attached hydrogens (tertiary/aromatic N) is 1. The minimum absolute atomic E-state index is 0.891. The van der Waals surface area contributed by atoms with Gasteiger partial charge in [-0.2, -0.15) is 0 Å². The van der Waals surface area contributed by atoms with Crippen LogP contribution in [0.1, 0.15) is 22.4 Å². The predicted molar refractivity (Wildman–Crippen MR) is 98.0 cm³/mol. The van der Waals surface area contributed by atoms with Gasteiger partial charge in [0.05, 0.1) is 11.4 Å². The van der Waals surface area contributed by atoms with E-state index >= 15 is 0 Å². The molecule has 2 aromatic carbocycles. The van der Waals surface area contributed by atoms with Gasteiger partial charge in [0.25, 0.3) is 0 Å². The van der Waals surface area contributed by atoms with Crippen molar-refractivity contribution >= 4 is 22.2 Å². The molecule has 3 aromatic rings. The summed E-state index contributed by atoms with van der Waals surface area (Å²) in [4.78, 5) is 6.00. The standard InChI is InChI=1S/C19H19N3S/c1-13-18(16-11-10-14-6-5-7-15(14)12-16)20-19(23-13)22-21-17-8-3-2-4-9-17/h2-4,8-12,21H,5-7H2,1H3,(H,20,22). The molecule has 0 saturated carbocycles. The van der Waals surface area contributed by atoms with Crippen molar-refractivity contribution in [1.29, 1.82) is 0 Å². The number of hydrogen-bond acceptors (Lipinski definition) is 4. The number of hydrazine groups is 1. The molecule has 1 aliphatic rings. The van der Waals surface area contributed by atoms with E-state index in [1.54, 1.807) is 11.3 Å². The second-order valence-corrected chi connectivity index (χ2v) is 7.08. The van der Waals surface area contributed by atoms with Gasteiger partial charge in [0.2, 0.25) is 5.13 Å². The summed E-state index contributed by atoms with van der Waals surface area (Å²) in [7, 11) is 0. The summed E-state index contributed by atoms with van der Waals surface area (Å²) in [6.45, 7) is 2.13. The molecular weight excluding hydrogens is 302 g/mol. The van der Waals surface area contributed by atoms with Gasteiger partial charge in [-0.15, -0.1) is 11.3 Å². The molecule has 0 fully saturated rings. The maximum absolute atomic E-state index is 4.77. The van der Waals surface area contributed by atoms with Crippen molar-refractivity contribution in [3.05, 3.63) is 64.5 Å². The molecule has 1 heterocycles. The van der Waals surface area contributed by atoms with Crippen LogP contribution in [0, 0.1) is 6.92 Å². The van der Waals surface area contributed by atoms with Crippen molar-refractivity contribution in [1.82, 2.24) is 4.98 Å². The van der Waals surface area contributed by atoms with E-state index in [1.165, 1.54) is 40.8 Å². The fourth-order valence-corrected chi connectivity index (χ4v) is 3.87. The van der Waals surface area contributed by atoms with Gasteiger partial charge in [-0.05, 0) is 55.5 Å². The van der Waals surface area contributed by atoms with Crippen LogP contribution in [-0.4, -0.2) is 4.98 Å². The Morgan fingerprint density at radius 1 is 0.957 bits per heavy atom. The number of benzene rings is 2. The molecule has 0 aliphatic heterocycles. The summed E-state index contributed by atoms with van der Waals surface area (Å²) in [5.41, 5.74) is 12.7. The Bertz CT molecular complexity index is 824. The summed E-state index contributed by atoms with van der Waals surface area (Å²) in [6, 6.07) is 16.9. The lowest BCUT2D eigenvalue weighted by atomic mass is 10.0. The number of thiazole rings is 1. The van der Waals surface area contributed by atoms with Gasteiger partial charge in [-0.3, -0.25) is 10.9 Å². The van der Waals surface area contributed by atoms with Crippen molar-refractivity contribution < 1.29 is 0 Å². The van der Waals surface area contributed by atoms with Gasteiger partial charge in [-0.25, -0.2) is 4.98 Å². The smallest absolute Gasteiger partial charge is 0.202 e. The average Bonchev–Trinajstić information content (AvgIpc) is 3.19. The minimum Gasteiger partial charge on any atom is -0.299 e. The molecule has 0 bridgehead atoms. The summed E-state index contributed by atoms with van der Waals surface area (Å²) >= 11 is 1.68. The van der Waals surface area contributed by atoms with Crippen LogP contribution in [0.15, 0.2) is 48.5 Å². The summed E-state index contributed by atoms with van der Waals surface area (Å²) in [5.74, 6) is 0. The number of rotatable bonds is 4. The Balaban J connectivity index is 1.55. The van der Waals surface area contributed by atoms with E-state index in [0.29, 0.717) is 0 Å². The van der Waals surface area contributed by atoms with Crippen LogP contribution in [0.3, 0.4) is 0 Å². The zero-order valence-electron chi connectivity index (χ0n) is 13.1. The number of para-hydroxylation sites is 1. The molecule has 0 saturated heterocycles. The Kier molecular flexibility index (Phi) is 3.75. The molecule has 116 valence electrons. The van der Waals surface area contributed by atoms with E-state index in [1.807, 2.05) is 30.3 Å². The van der Waals surface area contributed by atoms with Gasteiger partial charge >= 0.3 is 0 Å². The van der Waals surface area contributed by atoms with Crippen molar-refractivity contribution in [3.63, 3.8) is 0 Å². The fraction of sp³-hybridized carbons (Fsp3) is 0.211. The van der Waals surface area contributed by atoms with Gasteiger partial charge in [0, 0.05) is 10.4 Å². The topological polar surface area (TPSA) is 37.0 Å². The predicted octanol–water partition coefficient (Wildman–Crippen LogP) is 5.05. The molecular formula is C19H19N3S. The number of nitrogens with one attached hydrogen (secondary N) is 2. The van der Waals surface area contributed by atoms with E-state index in [-0.39, 0.29) is 0 Å². The van der Waals surface area contributed by atoms with Crippen LogP contribution in [0.2, 0.25) is 0 Å². The molecule has 4 rings (SSSR count). The Morgan fingerprint density at radius 3 is 2.65 bits per heavy atom. The SMILES string of the molecule is Cc1sc(NNc2ccccc2)nc1-c1ccc2c(c1)CCC2. The second-order valence-electron chi connectivity index (χ2n) is 5.88. The Morgan fingerprint density at radius 2 is 1.78 bits per heavy atom. The number of hydrogen-bond donors (Lipinski definition) is 2. The lowest BCUT2D eigenvalue weighted by Crippen LogP contribution is -2.07. The van der Waals surface area contributed by atoms with Crippen molar-refractivity contribution in [3.8, 4) is 11.3 Å². The van der Waals surface area contributed by atoms with Gasteiger partial charge in [0.15, 0.2) is 0 Å². The number of fused-ring (bicyclic) bond motifs is 1. The van der Waals surface area contributed by atoms with Crippen molar-refractivity contribution in [2.24, 2.45) is 0 Å². The summed E-state index contributed by atoms with van der Waals surface area (Å²) < 4.78 is 0. The zero-order chi connectivity index (χ0) is 15.6. The number of anilines is 2. The first-order valence-corrected chi connectivity index (χ1v) is 8.78. The number of aryl methyl sites for hydroxylation is 3. The molecule has 3 nitrogen and oxygen atoms in total. The maximum atomic E-state index is 4.77. The molecule has 0 amide bonds. The zero-order valence-corrected chi connectivity index (χ0v) is 13.9. The first-order chi connectivity index (χ1) is 11.3. The van der Waals surface area contributed by atoms with Crippen LogP contribution in [0.4, 0.5) is 10.8 Å². The Hall–Kier alpha value is -2.33. The summed E-state index contributed by atoms with van der Waals surface area (Å²) in [5, 5.41) is 0.891. The van der Waals surface area contributed by atoms with E-state index in [9.17, 15) is 0 Å². The second kappa shape index (κ2) is 6.05. The summed E-state index contributed by atoms with van der Waals surface area (Å²) in [6.07, 6.45) is 3.70. The van der Waals surface area contributed by atoms with E-state index < -0.39 is 0 Å². The van der Waals surface area contributed by atoms with Crippen LogP contribution in [0.5, 0.6) is 0 Å². The maximum Gasteiger partial charge on any atom is 0.202 e. The lowest BCUT2D eigenvalue weighted by Gasteiger charge is -2.06. The molecule has 23 heavy (non-hydrogen) atoms.